The average molecular weight is 192 g/mol. The van der Waals surface area contributed by atoms with Crippen LogP contribution in [0.15, 0.2) is 18.2 Å². The van der Waals surface area contributed by atoms with Gasteiger partial charge in [0.2, 0.25) is 0 Å². The standard InChI is InChI=1S/C12H18NO/c1-10(9-13(2)3)11-5-7-12(14-4)8-6-11/h5,7-8,10H,9H2,1-4H3. The van der Waals surface area contributed by atoms with Crippen molar-refractivity contribution >= 4 is 0 Å². The monoisotopic (exact) mass is 192 g/mol. The number of nitrogens with zero attached hydrogens (tertiary/aromatic N) is 1. The van der Waals surface area contributed by atoms with E-state index in [-0.39, 0.29) is 0 Å². The lowest BCUT2D eigenvalue weighted by Crippen LogP contribution is -2.18. The summed E-state index contributed by atoms with van der Waals surface area (Å²) in [6, 6.07) is 9.19. The van der Waals surface area contributed by atoms with Gasteiger partial charge in [0.1, 0.15) is 5.75 Å². The Morgan fingerprint density at radius 1 is 1.43 bits per heavy atom. The Hall–Kier alpha value is -1.02. The number of likely N-dealkylation sites (N-methyl/N-ethyl adjacent to an activating group) is 1. The minimum Gasteiger partial charge on any atom is -0.497 e. The fourth-order valence-electron chi connectivity index (χ4n) is 1.50. The number of ether oxygens (including phenoxy) is 1. The first-order valence-electron chi connectivity index (χ1n) is 4.84. The van der Waals surface area contributed by atoms with Crippen LogP contribution in [0.2, 0.25) is 0 Å². The van der Waals surface area contributed by atoms with E-state index in [4.69, 9.17) is 4.74 Å². The van der Waals surface area contributed by atoms with E-state index in [9.17, 15) is 0 Å². The number of benzene rings is 1. The molecular formula is C12H18NO. The van der Waals surface area contributed by atoms with Gasteiger partial charge in [0.15, 0.2) is 0 Å². The summed E-state index contributed by atoms with van der Waals surface area (Å²) in [7, 11) is 5.84. The van der Waals surface area contributed by atoms with Crippen LogP contribution in [0, 0.1) is 6.07 Å². The third-order valence-electron chi connectivity index (χ3n) is 2.21. The van der Waals surface area contributed by atoms with Crippen LogP contribution in [0.5, 0.6) is 5.75 Å². The first-order chi connectivity index (χ1) is 6.63. The van der Waals surface area contributed by atoms with Gasteiger partial charge in [-0.25, -0.2) is 0 Å². The second-order valence-electron chi connectivity index (χ2n) is 3.85. The van der Waals surface area contributed by atoms with Crippen LogP contribution in [0.3, 0.4) is 0 Å². The molecule has 0 aromatic heterocycles. The molecule has 1 rings (SSSR count). The highest BCUT2D eigenvalue weighted by molar-refractivity contribution is 5.28. The molecule has 2 heteroatoms. The second kappa shape index (κ2) is 5.01. The van der Waals surface area contributed by atoms with Crippen LogP contribution in [-0.2, 0) is 0 Å². The van der Waals surface area contributed by atoms with E-state index in [0.717, 1.165) is 12.3 Å². The van der Waals surface area contributed by atoms with Gasteiger partial charge in [-0.2, -0.15) is 0 Å². The first-order valence-corrected chi connectivity index (χ1v) is 4.84. The van der Waals surface area contributed by atoms with Crippen molar-refractivity contribution in [2.75, 3.05) is 27.7 Å². The predicted octanol–water partition coefficient (Wildman–Crippen LogP) is 2.16. The molecule has 1 radical (unpaired) electrons. The summed E-state index contributed by atoms with van der Waals surface area (Å²) in [4.78, 5) is 2.18. The van der Waals surface area contributed by atoms with Crippen molar-refractivity contribution in [2.24, 2.45) is 0 Å². The topological polar surface area (TPSA) is 12.5 Å². The zero-order valence-electron chi connectivity index (χ0n) is 9.37. The van der Waals surface area contributed by atoms with Crippen molar-refractivity contribution in [3.05, 3.63) is 29.8 Å². The van der Waals surface area contributed by atoms with Crippen molar-refractivity contribution in [1.82, 2.24) is 4.90 Å². The van der Waals surface area contributed by atoms with E-state index in [1.54, 1.807) is 7.11 Å². The summed E-state index contributed by atoms with van der Waals surface area (Å²) < 4.78 is 5.09. The summed E-state index contributed by atoms with van der Waals surface area (Å²) in [6.45, 7) is 3.25. The molecule has 2 nitrogen and oxygen atoms in total. The van der Waals surface area contributed by atoms with Crippen LogP contribution in [0.4, 0.5) is 0 Å². The summed E-state index contributed by atoms with van der Waals surface area (Å²) in [5.74, 6) is 1.38. The van der Waals surface area contributed by atoms with E-state index in [0.29, 0.717) is 5.92 Å². The third-order valence-corrected chi connectivity index (χ3v) is 2.21. The van der Waals surface area contributed by atoms with E-state index in [1.165, 1.54) is 5.56 Å². The normalized spacial score (nSPS) is 12.9. The molecule has 0 spiro atoms. The Bertz CT molecular complexity index is 266. The molecule has 1 atom stereocenters. The van der Waals surface area contributed by atoms with Crippen LogP contribution in [0.25, 0.3) is 0 Å². The minimum absolute atomic E-state index is 0.510. The Morgan fingerprint density at radius 2 is 2.14 bits per heavy atom. The smallest absolute Gasteiger partial charge is 0.119 e. The van der Waals surface area contributed by atoms with Gasteiger partial charge in [0.25, 0.3) is 0 Å². The fraction of sp³-hybridized carbons (Fsp3) is 0.500. The number of hydrogen-bond donors (Lipinski definition) is 0. The Kier molecular flexibility index (Phi) is 3.96. The van der Waals surface area contributed by atoms with Crippen molar-refractivity contribution in [2.45, 2.75) is 12.8 Å². The molecule has 0 bridgehead atoms. The van der Waals surface area contributed by atoms with E-state index >= 15 is 0 Å². The number of hydrogen-bond acceptors (Lipinski definition) is 2. The van der Waals surface area contributed by atoms with Gasteiger partial charge in [0.05, 0.1) is 7.11 Å². The Labute approximate surface area is 86.5 Å². The molecule has 14 heavy (non-hydrogen) atoms. The minimum atomic E-state index is 0.510. The lowest BCUT2D eigenvalue weighted by molar-refractivity contribution is 0.382. The van der Waals surface area contributed by atoms with Crippen LogP contribution >= 0.6 is 0 Å². The molecule has 77 valence electrons. The van der Waals surface area contributed by atoms with Crippen LogP contribution in [-0.4, -0.2) is 32.6 Å². The number of methoxy groups -OCH3 is 1. The molecule has 0 saturated carbocycles. The van der Waals surface area contributed by atoms with Crippen molar-refractivity contribution in [3.63, 3.8) is 0 Å². The lowest BCUT2D eigenvalue weighted by atomic mass is 10.0. The average Bonchev–Trinajstić information content (AvgIpc) is 2.17. The molecule has 0 fully saturated rings. The molecule has 1 unspecified atom stereocenters. The van der Waals surface area contributed by atoms with Gasteiger partial charge in [-0.05, 0) is 43.8 Å². The van der Waals surface area contributed by atoms with Gasteiger partial charge < -0.3 is 9.64 Å². The Morgan fingerprint density at radius 3 is 2.57 bits per heavy atom. The largest absolute Gasteiger partial charge is 0.497 e. The highest BCUT2D eigenvalue weighted by Crippen LogP contribution is 2.18. The molecular weight excluding hydrogens is 174 g/mol. The van der Waals surface area contributed by atoms with E-state index in [2.05, 4.69) is 38.1 Å². The SMILES string of the molecule is COc1c[c]c(C(C)CN(C)C)cc1. The summed E-state index contributed by atoms with van der Waals surface area (Å²) in [5.41, 5.74) is 1.24. The lowest BCUT2D eigenvalue weighted by Gasteiger charge is -2.17. The molecule has 0 aliphatic carbocycles. The molecule has 0 N–H and O–H groups in total. The summed E-state index contributed by atoms with van der Waals surface area (Å²) in [6.07, 6.45) is 0. The maximum absolute atomic E-state index is 5.09. The third kappa shape index (κ3) is 3.04. The first kappa shape index (κ1) is 11.1. The predicted molar refractivity (Wildman–Crippen MR) is 58.8 cm³/mol. The summed E-state index contributed by atoms with van der Waals surface area (Å²) in [5, 5.41) is 0. The van der Waals surface area contributed by atoms with Gasteiger partial charge >= 0.3 is 0 Å². The van der Waals surface area contributed by atoms with Crippen LogP contribution < -0.4 is 4.74 Å². The van der Waals surface area contributed by atoms with Gasteiger partial charge in [0, 0.05) is 6.54 Å². The molecule has 1 aromatic carbocycles. The van der Waals surface area contributed by atoms with Gasteiger partial charge in [-0.15, -0.1) is 0 Å². The highest BCUT2D eigenvalue weighted by Gasteiger charge is 2.06. The zero-order valence-corrected chi connectivity index (χ0v) is 9.37. The fourth-order valence-corrected chi connectivity index (χ4v) is 1.50. The maximum atomic E-state index is 5.09. The molecule has 0 aliphatic heterocycles. The van der Waals surface area contributed by atoms with Crippen LogP contribution in [0.1, 0.15) is 18.4 Å². The quantitative estimate of drug-likeness (QED) is 0.725. The maximum Gasteiger partial charge on any atom is 0.119 e. The number of rotatable bonds is 4. The summed E-state index contributed by atoms with van der Waals surface area (Å²) >= 11 is 0. The second-order valence-corrected chi connectivity index (χ2v) is 3.85. The molecule has 0 aliphatic rings. The van der Waals surface area contributed by atoms with E-state index < -0.39 is 0 Å². The molecule has 1 aromatic rings. The zero-order chi connectivity index (χ0) is 10.6. The van der Waals surface area contributed by atoms with E-state index in [1.807, 2.05) is 12.1 Å². The molecule has 0 amide bonds. The van der Waals surface area contributed by atoms with Crippen molar-refractivity contribution < 1.29 is 4.74 Å². The highest BCUT2D eigenvalue weighted by atomic mass is 16.5. The molecule has 0 saturated heterocycles. The van der Waals surface area contributed by atoms with Crippen molar-refractivity contribution in [3.8, 4) is 5.75 Å². The van der Waals surface area contributed by atoms with Crippen molar-refractivity contribution in [1.29, 1.82) is 0 Å². The van der Waals surface area contributed by atoms with Gasteiger partial charge in [-0.3, -0.25) is 0 Å². The molecule has 0 heterocycles. The van der Waals surface area contributed by atoms with Gasteiger partial charge in [-0.1, -0.05) is 13.0 Å². The Balaban J connectivity index is 2.66.